The molecule has 2 N–H and O–H groups in total. The van der Waals surface area contributed by atoms with Gasteiger partial charge in [-0.25, -0.2) is 4.98 Å². The molecule has 0 spiro atoms. The third-order valence-electron chi connectivity index (χ3n) is 5.61. The molecule has 0 saturated carbocycles. The molecule has 0 aromatic carbocycles. The number of pyridine rings is 1. The van der Waals surface area contributed by atoms with Crippen molar-refractivity contribution in [2.75, 3.05) is 4.90 Å². The topological polar surface area (TPSA) is 57.3 Å². The molecule has 2 bridgehead atoms. The van der Waals surface area contributed by atoms with Crippen LogP contribution in [0.4, 0.5) is 5.00 Å². The Morgan fingerprint density at radius 3 is 2.65 bits per heavy atom. The highest BCUT2D eigenvalue weighted by molar-refractivity contribution is 7.22. The summed E-state index contributed by atoms with van der Waals surface area (Å²) < 4.78 is 1.13. The molecule has 1 amide bonds. The highest BCUT2D eigenvalue weighted by atomic mass is 32.1. The Morgan fingerprint density at radius 1 is 1.27 bits per heavy atom. The number of amides is 1. The minimum absolute atomic E-state index is 0.0522. The Balaban J connectivity index is 1.54. The molecule has 2 aromatic rings. The van der Waals surface area contributed by atoms with Gasteiger partial charge in [0.1, 0.15) is 5.69 Å². The fourth-order valence-corrected chi connectivity index (χ4v) is 5.79. The van der Waals surface area contributed by atoms with Gasteiger partial charge < -0.3 is 15.5 Å². The SMILES string of the molecule is CC(C)N(c1cc2cc(C(=O)N[C@@H]3C[C@H]4CC[C@@H]3N4)ncc2s1)C(C)C. The van der Waals surface area contributed by atoms with Gasteiger partial charge in [0.05, 0.1) is 9.70 Å². The highest BCUT2D eigenvalue weighted by Gasteiger charge is 2.39. The Bertz CT molecular complexity index is 807. The van der Waals surface area contributed by atoms with E-state index in [-0.39, 0.29) is 11.9 Å². The first-order chi connectivity index (χ1) is 12.4. The summed E-state index contributed by atoms with van der Waals surface area (Å²) in [6.07, 6.45) is 5.28. The van der Waals surface area contributed by atoms with Crippen LogP contribution in [0, 0.1) is 0 Å². The summed E-state index contributed by atoms with van der Waals surface area (Å²) in [5.74, 6) is -0.0522. The molecule has 2 saturated heterocycles. The molecule has 26 heavy (non-hydrogen) atoms. The lowest BCUT2D eigenvalue weighted by molar-refractivity contribution is 0.0926. The minimum Gasteiger partial charge on any atom is -0.359 e. The van der Waals surface area contributed by atoms with E-state index < -0.39 is 0 Å². The molecule has 0 unspecified atom stereocenters. The van der Waals surface area contributed by atoms with E-state index in [2.05, 4.69) is 54.3 Å². The van der Waals surface area contributed by atoms with Gasteiger partial charge in [-0.2, -0.15) is 0 Å². The lowest BCUT2D eigenvalue weighted by Crippen LogP contribution is -2.43. The summed E-state index contributed by atoms with van der Waals surface area (Å²) in [5, 5.41) is 9.09. The molecule has 0 radical (unpaired) electrons. The van der Waals surface area contributed by atoms with E-state index in [1.807, 2.05) is 12.3 Å². The summed E-state index contributed by atoms with van der Waals surface area (Å²) in [5.41, 5.74) is 0.519. The van der Waals surface area contributed by atoms with Crippen molar-refractivity contribution < 1.29 is 4.79 Å². The fraction of sp³-hybridized carbons (Fsp3) is 0.600. The van der Waals surface area contributed by atoms with Gasteiger partial charge in [-0.3, -0.25) is 4.79 Å². The van der Waals surface area contributed by atoms with Crippen molar-refractivity contribution in [1.82, 2.24) is 15.6 Å². The van der Waals surface area contributed by atoms with Crippen molar-refractivity contribution in [3.05, 3.63) is 24.0 Å². The number of carbonyl (C=O) groups is 1. The molecule has 140 valence electrons. The van der Waals surface area contributed by atoms with E-state index in [0.29, 0.717) is 29.9 Å². The molecular formula is C20H28N4OS. The van der Waals surface area contributed by atoms with Gasteiger partial charge in [0.15, 0.2) is 0 Å². The maximum Gasteiger partial charge on any atom is 0.270 e. The maximum atomic E-state index is 12.7. The number of fused-ring (bicyclic) bond motifs is 3. The molecule has 2 aromatic heterocycles. The molecule has 6 heteroatoms. The standard InChI is InChI=1S/C20H28N4OS/c1-11(2)24(12(3)4)19-8-13-7-17(21-10-18(13)26-19)20(25)23-16-9-14-5-6-15(16)22-14/h7-8,10-12,14-16,22H,5-6,9H2,1-4H3,(H,23,25)/t14-,15+,16-/m1/s1. The number of carbonyl (C=O) groups excluding carboxylic acids is 1. The summed E-state index contributed by atoms with van der Waals surface area (Å²) in [7, 11) is 0. The number of thiophene rings is 1. The number of hydrogen-bond donors (Lipinski definition) is 2. The van der Waals surface area contributed by atoms with Crippen LogP contribution in [-0.4, -0.2) is 41.1 Å². The molecular weight excluding hydrogens is 344 g/mol. The zero-order valence-corrected chi connectivity index (χ0v) is 16.8. The molecule has 2 aliphatic heterocycles. The second-order valence-corrected chi connectivity index (χ2v) is 9.21. The Labute approximate surface area is 159 Å². The van der Waals surface area contributed by atoms with Crippen LogP contribution in [0.15, 0.2) is 18.3 Å². The van der Waals surface area contributed by atoms with Crippen molar-refractivity contribution in [3.8, 4) is 0 Å². The first-order valence-electron chi connectivity index (χ1n) is 9.67. The Hall–Kier alpha value is -1.66. The normalized spacial score (nSPS) is 24.8. The summed E-state index contributed by atoms with van der Waals surface area (Å²) in [6.45, 7) is 8.85. The fourth-order valence-electron chi connectivity index (χ4n) is 4.51. The van der Waals surface area contributed by atoms with Gasteiger partial charge in [0.2, 0.25) is 0 Å². The maximum absolute atomic E-state index is 12.7. The average molecular weight is 373 g/mol. The summed E-state index contributed by atoms with van der Waals surface area (Å²) >= 11 is 1.75. The number of aromatic nitrogens is 1. The molecule has 4 heterocycles. The van der Waals surface area contributed by atoms with E-state index in [1.165, 1.54) is 11.4 Å². The number of nitrogens with zero attached hydrogens (tertiary/aromatic N) is 2. The number of nitrogens with one attached hydrogen (secondary N) is 2. The van der Waals surface area contributed by atoms with Gasteiger partial charge in [-0.15, -0.1) is 11.3 Å². The van der Waals surface area contributed by atoms with E-state index in [9.17, 15) is 4.79 Å². The van der Waals surface area contributed by atoms with Gasteiger partial charge in [-0.05, 0) is 64.5 Å². The largest absolute Gasteiger partial charge is 0.359 e. The van der Waals surface area contributed by atoms with Crippen molar-refractivity contribution in [2.45, 2.75) is 77.2 Å². The van der Waals surface area contributed by atoms with Crippen LogP contribution in [0.5, 0.6) is 0 Å². The minimum atomic E-state index is -0.0522. The van der Waals surface area contributed by atoms with Crippen LogP contribution in [0.1, 0.15) is 57.4 Å². The van der Waals surface area contributed by atoms with Crippen molar-refractivity contribution >= 4 is 32.3 Å². The van der Waals surface area contributed by atoms with Gasteiger partial charge in [0, 0.05) is 36.4 Å². The second kappa shape index (κ2) is 6.82. The van der Waals surface area contributed by atoms with Gasteiger partial charge in [-0.1, -0.05) is 0 Å². The molecule has 3 atom stereocenters. The van der Waals surface area contributed by atoms with Crippen LogP contribution >= 0.6 is 11.3 Å². The van der Waals surface area contributed by atoms with Gasteiger partial charge >= 0.3 is 0 Å². The van der Waals surface area contributed by atoms with Crippen LogP contribution in [0.3, 0.4) is 0 Å². The monoisotopic (exact) mass is 372 g/mol. The van der Waals surface area contributed by atoms with E-state index in [0.717, 1.165) is 22.9 Å². The Kier molecular flexibility index (Phi) is 4.65. The Morgan fingerprint density at radius 2 is 2.04 bits per heavy atom. The van der Waals surface area contributed by atoms with Crippen molar-refractivity contribution in [1.29, 1.82) is 0 Å². The molecule has 2 aliphatic rings. The summed E-state index contributed by atoms with van der Waals surface area (Å²) in [6, 6.07) is 6.26. The van der Waals surface area contributed by atoms with Crippen LogP contribution in [-0.2, 0) is 0 Å². The molecule has 5 nitrogen and oxygen atoms in total. The summed E-state index contributed by atoms with van der Waals surface area (Å²) in [4.78, 5) is 19.5. The predicted octanol–water partition coefficient (Wildman–Crippen LogP) is 3.54. The van der Waals surface area contributed by atoms with E-state index >= 15 is 0 Å². The molecule has 4 rings (SSSR count). The van der Waals surface area contributed by atoms with Gasteiger partial charge in [0.25, 0.3) is 5.91 Å². The quantitative estimate of drug-likeness (QED) is 0.843. The van der Waals surface area contributed by atoms with Crippen LogP contribution in [0.25, 0.3) is 10.1 Å². The zero-order valence-electron chi connectivity index (χ0n) is 16.0. The second-order valence-electron chi connectivity index (χ2n) is 8.15. The molecule has 0 aliphatic carbocycles. The highest BCUT2D eigenvalue weighted by Crippen LogP contribution is 2.35. The predicted molar refractivity (Wildman–Crippen MR) is 108 cm³/mol. The average Bonchev–Trinajstić information content (AvgIpc) is 3.27. The lowest BCUT2D eigenvalue weighted by atomic mass is 9.95. The third kappa shape index (κ3) is 3.21. The van der Waals surface area contributed by atoms with Crippen LogP contribution < -0.4 is 15.5 Å². The smallest absolute Gasteiger partial charge is 0.270 e. The lowest BCUT2D eigenvalue weighted by Gasteiger charge is -2.31. The first-order valence-corrected chi connectivity index (χ1v) is 10.5. The molecule has 2 fully saturated rings. The van der Waals surface area contributed by atoms with E-state index in [4.69, 9.17) is 0 Å². The zero-order chi connectivity index (χ0) is 18.4. The first kappa shape index (κ1) is 17.7. The van der Waals surface area contributed by atoms with Crippen molar-refractivity contribution in [2.24, 2.45) is 0 Å². The number of rotatable bonds is 5. The van der Waals surface area contributed by atoms with E-state index in [1.54, 1.807) is 11.3 Å². The van der Waals surface area contributed by atoms with Crippen molar-refractivity contribution in [3.63, 3.8) is 0 Å². The third-order valence-corrected chi connectivity index (χ3v) is 6.71. The van der Waals surface area contributed by atoms with Crippen LogP contribution in [0.2, 0.25) is 0 Å². The number of anilines is 1. The number of hydrogen-bond acceptors (Lipinski definition) is 5.